The lowest BCUT2D eigenvalue weighted by molar-refractivity contribution is -0.117. The molecule has 1 aromatic heterocycles. The molecule has 1 aliphatic heterocycles. The Kier molecular flexibility index (Phi) is 5.43. The number of hydrogen-bond acceptors (Lipinski definition) is 5. The first-order valence-corrected chi connectivity index (χ1v) is 10.4. The van der Waals surface area contributed by atoms with Crippen LogP contribution in [0.15, 0.2) is 53.0 Å². The number of nitrogens with zero attached hydrogens (tertiary/aromatic N) is 3. The maximum Gasteiger partial charge on any atom is 0.257 e. The number of nitrogens with one attached hydrogen (secondary N) is 1. The van der Waals surface area contributed by atoms with Gasteiger partial charge in [-0.15, -0.1) is 10.2 Å². The van der Waals surface area contributed by atoms with Gasteiger partial charge in [0, 0.05) is 39.6 Å². The Bertz CT molecular complexity index is 1020. The van der Waals surface area contributed by atoms with Crippen LogP contribution in [0, 0.1) is 0 Å². The highest BCUT2D eigenvalue weighted by Crippen LogP contribution is 2.34. The number of rotatable bonds is 4. The van der Waals surface area contributed by atoms with Crippen molar-refractivity contribution in [2.75, 3.05) is 16.8 Å². The monoisotopic (exact) mass is 476 g/mol. The third-order valence-corrected chi connectivity index (χ3v) is 6.16. The molecule has 0 radical (unpaired) electrons. The van der Waals surface area contributed by atoms with Crippen molar-refractivity contribution >= 4 is 61.5 Å². The second-order valence-corrected chi connectivity index (χ2v) is 8.65. The van der Waals surface area contributed by atoms with E-state index in [1.165, 1.54) is 11.3 Å². The lowest BCUT2D eigenvalue weighted by atomic mass is 10.1. The zero-order chi connectivity index (χ0) is 19.7. The molecule has 2 heterocycles. The SMILES string of the molecule is O=C(Nc1nnc(C2CC(=O)N(c3ccc(Cl)cc3)C2)s1)c1ccc(Br)cc1. The summed E-state index contributed by atoms with van der Waals surface area (Å²) in [5.41, 5.74) is 1.34. The third-order valence-electron chi connectivity index (χ3n) is 4.38. The summed E-state index contributed by atoms with van der Waals surface area (Å²) in [6.45, 7) is 0.524. The fourth-order valence-electron chi connectivity index (χ4n) is 2.96. The molecule has 1 saturated heterocycles. The van der Waals surface area contributed by atoms with Crippen molar-refractivity contribution < 1.29 is 9.59 Å². The molecule has 142 valence electrons. The average Bonchev–Trinajstić information content (AvgIpc) is 3.29. The summed E-state index contributed by atoms with van der Waals surface area (Å²) in [6.07, 6.45) is 0.359. The molecule has 0 saturated carbocycles. The first-order chi connectivity index (χ1) is 13.5. The zero-order valence-corrected chi connectivity index (χ0v) is 17.6. The molecule has 4 rings (SSSR count). The molecule has 6 nitrogen and oxygen atoms in total. The first kappa shape index (κ1) is 19.0. The Balaban J connectivity index is 1.44. The highest BCUT2D eigenvalue weighted by molar-refractivity contribution is 9.10. The van der Waals surface area contributed by atoms with Crippen molar-refractivity contribution in [3.05, 3.63) is 68.6 Å². The van der Waals surface area contributed by atoms with Gasteiger partial charge in [0.25, 0.3) is 5.91 Å². The highest BCUT2D eigenvalue weighted by Gasteiger charge is 2.34. The predicted octanol–water partition coefficient (Wildman–Crippen LogP) is 4.73. The first-order valence-electron chi connectivity index (χ1n) is 8.46. The zero-order valence-electron chi connectivity index (χ0n) is 14.4. The predicted molar refractivity (Wildman–Crippen MR) is 113 cm³/mol. The van der Waals surface area contributed by atoms with Crippen molar-refractivity contribution in [1.82, 2.24) is 10.2 Å². The minimum atomic E-state index is -0.250. The van der Waals surface area contributed by atoms with Crippen LogP contribution in [0.25, 0.3) is 0 Å². The lowest BCUT2D eigenvalue weighted by Crippen LogP contribution is -2.24. The van der Waals surface area contributed by atoms with E-state index >= 15 is 0 Å². The summed E-state index contributed by atoms with van der Waals surface area (Å²) in [7, 11) is 0. The Morgan fingerprint density at radius 1 is 1.14 bits per heavy atom. The van der Waals surface area contributed by atoms with Crippen LogP contribution >= 0.6 is 38.9 Å². The van der Waals surface area contributed by atoms with E-state index in [2.05, 4.69) is 31.4 Å². The van der Waals surface area contributed by atoms with Gasteiger partial charge in [0.2, 0.25) is 11.0 Å². The molecule has 1 unspecified atom stereocenters. The van der Waals surface area contributed by atoms with Gasteiger partial charge in [0.15, 0.2) is 0 Å². The number of carbonyl (C=O) groups is 2. The summed E-state index contributed by atoms with van der Waals surface area (Å²) >= 11 is 10.6. The van der Waals surface area contributed by atoms with Gasteiger partial charge < -0.3 is 4.90 Å². The maximum absolute atomic E-state index is 12.4. The number of amides is 2. The van der Waals surface area contributed by atoms with Gasteiger partial charge >= 0.3 is 0 Å². The van der Waals surface area contributed by atoms with Crippen molar-refractivity contribution in [2.45, 2.75) is 12.3 Å². The van der Waals surface area contributed by atoms with Crippen LogP contribution in [0.5, 0.6) is 0 Å². The Morgan fingerprint density at radius 3 is 2.57 bits per heavy atom. The molecule has 3 aromatic rings. The largest absolute Gasteiger partial charge is 0.312 e. The fourth-order valence-corrected chi connectivity index (χ4v) is 4.18. The van der Waals surface area contributed by atoms with Gasteiger partial charge in [-0.25, -0.2) is 0 Å². The van der Waals surface area contributed by atoms with E-state index in [-0.39, 0.29) is 17.7 Å². The number of anilines is 2. The van der Waals surface area contributed by atoms with Gasteiger partial charge in [0.05, 0.1) is 0 Å². The quantitative estimate of drug-likeness (QED) is 0.590. The molecule has 0 aliphatic carbocycles. The molecule has 2 amide bonds. The average molecular weight is 478 g/mol. The van der Waals surface area contributed by atoms with Gasteiger partial charge in [-0.3, -0.25) is 14.9 Å². The van der Waals surface area contributed by atoms with Gasteiger partial charge in [-0.05, 0) is 48.5 Å². The lowest BCUT2D eigenvalue weighted by Gasteiger charge is -2.16. The summed E-state index contributed by atoms with van der Waals surface area (Å²) in [5, 5.41) is 12.8. The molecular formula is C19H14BrClN4O2S. The van der Waals surface area contributed by atoms with Crippen LogP contribution in [0.4, 0.5) is 10.8 Å². The topological polar surface area (TPSA) is 75.2 Å². The second kappa shape index (κ2) is 7.98. The van der Waals surface area contributed by atoms with Crippen molar-refractivity contribution in [2.24, 2.45) is 0 Å². The molecular weight excluding hydrogens is 464 g/mol. The van der Waals surface area contributed by atoms with Crippen LogP contribution in [0.1, 0.15) is 27.7 Å². The smallest absolute Gasteiger partial charge is 0.257 e. The number of benzene rings is 2. The highest BCUT2D eigenvalue weighted by atomic mass is 79.9. The summed E-state index contributed by atoms with van der Waals surface area (Å²) in [6, 6.07) is 14.2. The molecule has 1 aliphatic rings. The summed E-state index contributed by atoms with van der Waals surface area (Å²) < 4.78 is 0.901. The van der Waals surface area contributed by atoms with Crippen LogP contribution in [0.2, 0.25) is 5.02 Å². The summed E-state index contributed by atoms with van der Waals surface area (Å²) in [5.74, 6) is -0.275. The van der Waals surface area contributed by atoms with Crippen LogP contribution < -0.4 is 10.2 Å². The van der Waals surface area contributed by atoms with E-state index in [1.807, 2.05) is 12.1 Å². The van der Waals surface area contributed by atoms with E-state index in [4.69, 9.17) is 11.6 Å². The number of carbonyl (C=O) groups excluding carboxylic acids is 2. The van der Waals surface area contributed by atoms with Crippen LogP contribution in [0.3, 0.4) is 0 Å². The van der Waals surface area contributed by atoms with E-state index in [1.54, 1.807) is 41.3 Å². The molecule has 28 heavy (non-hydrogen) atoms. The van der Waals surface area contributed by atoms with Crippen LogP contribution in [-0.4, -0.2) is 28.6 Å². The minimum Gasteiger partial charge on any atom is -0.312 e. The van der Waals surface area contributed by atoms with Crippen LogP contribution in [-0.2, 0) is 4.79 Å². The number of hydrogen-bond donors (Lipinski definition) is 1. The Labute approximate surface area is 178 Å². The molecule has 2 aromatic carbocycles. The van der Waals surface area contributed by atoms with Crippen molar-refractivity contribution in [3.8, 4) is 0 Å². The molecule has 1 fully saturated rings. The summed E-state index contributed by atoms with van der Waals surface area (Å²) in [4.78, 5) is 26.5. The normalized spacial score (nSPS) is 16.4. The Morgan fingerprint density at radius 2 is 1.86 bits per heavy atom. The molecule has 9 heteroatoms. The number of aromatic nitrogens is 2. The molecule has 1 N–H and O–H groups in total. The van der Waals surface area contributed by atoms with Crippen molar-refractivity contribution in [1.29, 1.82) is 0 Å². The Hall–Kier alpha value is -2.29. The fraction of sp³-hybridized carbons (Fsp3) is 0.158. The van der Waals surface area contributed by atoms with Gasteiger partial charge in [-0.1, -0.05) is 38.9 Å². The second-order valence-electron chi connectivity index (χ2n) is 6.29. The van der Waals surface area contributed by atoms with Crippen molar-refractivity contribution in [3.63, 3.8) is 0 Å². The van der Waals surface area contributed by atoms with Gasteiger partial charge in [0.1, 0.15) is 5.01 Å². The molecule has 1 atom stereocenters. The molecule has 0 spiro atoms. The van der Waals surface area contributed by atoms with E-state index in [0.717, 1.165) is 15.2 Å². The van der Waals surface area contributed by atoms with E-state index in [9.17, 15) is 9.59 Å². The standard InChI is InChI=1S/C19H14BrClN4O2S/c20-13-3-1-11(2-4-13)17(27)22-19-24-23-18(28-19)12-9-16(26)25(10-12)15-7-5-14(21)6-8-15/h1-8,12H,9-10H2,(H,22,24,27). The van der Waals surface area contributed by atoms with Gasteiger partial charge in [-0.2, -0.15) is 0 Å². The molecule has 0 bridgehead atoms. The van der Waals surface area contributed by atoms with E-state index < -0.39 is 0 Å². The third kappa shape index (κ3) is 4.09. The van der Waals surface area contributed by atoms with E-state index in [0.29, 0.717) is 28.7 Å². The minimum absolute atomic E-state index is 0.0305. The number of halogens is 2. The maximum atomic E-state index is 12.4.